The molecular formula is C36H37N3O5. The van der Waals surface area contributed by atoms with Crippen molar-refractivity contribution >= 4 is 23.6 Å². The van der Waals surface area contributed by atoms with Crippen LogP contribution in [0.3, 0.4) is 0 Å². The third-order valence-electron chi connectivity index (χ3n) is 8.07. The molecule has 0 saturated heterocycles. The van der Waals surface area contributed by atoms with Crippen LogP contribution in [0.15, 0.2) is 103 Å². The van der Waals surface area contributed by atoms with Crippen molar-refractivity contribution in [3.63, 3.8) is 0 Å². The van der Waals surface area contributed by atoms with E-state index in [0.29, 0.717) is 17.8 Å². The van der Waals surface area contributed by atoms with Gasteiger partial charge in [0.2, 0.25) is 5.91 Å². The van der Waals surface area contributed by atoms with Gasteiger partial charge in [-0.3, -0.25) is 4.79 Å². The molecule has 4 aromatic rings. The van der Waals surface area contributed by atoms with Crippen LogP contribution in [0, 0.1) is 5.92 Å². The molecule has 2 atom stereocenters. The van der Waals surface area contributed by atoms with E-state index in [2.05, 4.69) is 28.8 Å². The van der Waals surface area contributed by atoms with E-state index in [1.54, 1.807) is 25.3 Å². The second-order valence-corrected chi connectivity index (χ2v) is 10.8. The lowest BCUT2D eigenvalue weighted by atomic mass is 9.76. The summed E-state index contributed by atoms with van der Waals surface area (Å²) in [6, 6.07) is 31.9. The molecule has 44 heavy (non-hydrogen) atoms. The van der Waals surface area contributed by atoms with E-state index in [4.69, 9.17) is 9.47 Å². The molecule has 0 fully saturated rings. The Hall–Kier alpha value is -5.11. The summed E-state index contributed by atoms with van der Waals surface area (Å²) in [5.74, 6) is 0.264. The van der Waals surface area contributed by atoms with Crippen molar-refractivity contribution in [2.45, 2.75) is 31.8 Å². The number of fused-ring (bicyclic) bond motifs is 1. The van der Waals surface area contributed by atoms with Gasteiger partial charge < -0.3 is 25.0 Å². The number of carbonyl (C=O) groups excluding carboxylic acids is 3. The fourth-order valence-corrected chi connectivity index (χ4v) is 5.99. The number of carbonyl (C=O) groups is 3. The number of para-hydroxylation sites is 1. The average Bonchev–Trinajstić information content (AvgIpc) is 3.06. The molecule has 226 valence electrons. The minimum Gasteiger partial charge on any atom is -0.496 e. The van der Waals surface area contributed by atoms with Crippen LogP contribution in [0.4, 0.5) is 10.5 Å². The Morgan fingerprint density at radius 2 is 1.61 bits per heavy atom. The molecule has 8 heteroatoms. The quantitative estimate of drug-likeness (QED) is 0.215. The van der Waals surface area contributed by atoms with Gasteiger partial charge >= 0.3 is 12.0 Å². The number of nitrogens with zero attached hydrogens (tertiary/aromatic N) is 1. The van der Waals surface area contributed by atoms with Crippen LogP contribution in [-0.2, 0) is 28.9 Å². The number of hydrogen-bond donors (Lipinski definition) is 2. The Kier molecular flexibility index (Phi) is 9.92. The highest BCUT2D eigenvalue weighted by molar-refractivity contribution is 5.95. The van der Waals surface area contributed by atoms with Gasteiger partial charge in [-0.15, -0.1) is 0 Å². The average molecular weight is 592 g/mol. The molecule has 0 spiro atoms. The molecule has 1 aliphatic carbocycles. The summed E-state index contributed by atoms with van der Waals surface area (Å²) in [4.78, 5) is 40.8. The lowest BCUT2D eigenvalue weighted by molar-refractivity contribution is -0.135. The molecule has 0 saturated carbocycles. The van der Waals surface area contributed by atoms with Crippen molar-refractivity contribution in [2.24, 2.45) is 5.92 Å². The lowest BCUT2D eigenvalue weighted by Gasteiger charge is -2.42. The molecule has 4 aromatic carbocycles. The molecule has 0 heterocycles. The lowest BCUT2D eigenvalue weighted by Crippen LogP contribution is -2.46. The number of benzene rings is 4. The van der Waals surface area contributed by atoms with Crippen molar-refractivity contribution in [3.05, 3.63) is 131 Å². The maximum Gasteiger partial charge on any atom is 0.337 e. The van der Waals surface area contributed by atoms with Gasteiger partial charge in [0.15, 0.2) is 0 Å². The smallest absolute Gasteiger partial charge is 0.337 e. The number of aryl methyl sites for hydroxylation is 1. The van der Waals surface area contributed by atoms with Crippen LogP contribution in [0.2, 0.25) is 0 Å². The first-order chi connectivity index (χ1) is 21.5. The second kappa shape index (κ2) is 14.4. The fourth-order valence-electron chi connectivity index (χ4n) is 5.99. The van der Waals surface area contributed by atoms with Gasteiger partial charge in [-0.05, 0) is 71.7 Å². The summed E-state index contributed by atoms with van der Waals surface area (Å²) in [5, 5.41) is 5.44. The summed E-state index contributed by atoms with van der Waals surface area (Å²) in [6.07, 6.45) is 2.57. The van der Waals surface area contributed by atoms with Crippen LogP contribution in [-0.4, -0.2) is 43.6 Å². The minimum absolute atomic E-state index is 0.128. The first kappa shape index (κ1) is 30.4. The highest BCUT2D eigenvalue weighted by Crippen LogP contribution is 2.42. The molecule has 0 radical (unpaired) electrons. The molecular weight excluding hydrogens is 554 g/mol. The first-order valence-corrected chi connectivity index (χ1v) is 14.7. The molecule has 2 N–H and O–H groups in total. The van der Waals surface area contributed by atoms with E-state index in [1.807, 2.05) is 65.6 Å². The third-order valence-corrected chi connectivity index (χ3v) is 8.07. The Balaban J connectivity index is 1.41. The monoisotopic (exact) mass is 591 g/mol. The zero-order valence-electron chi connectivity index (χ0n) is 25.0. The summed E-state index contributed by atoms with van der Waals surface area (Å²) < 4.78 is 10.4. The molecule has 0 unspecified atom stereocenters. The van der Waals surface area contributed by atoms with Gasteiger partial charge in [-0.1, -0.05) is 78.9 Å². The summed E-state index contributed by atoms with van der Waals surface area (Å²) in [7, 11) is 2.98. The first-order valence-electron chi connectivity index (χ1n) is 14.7. The van der Waals surface area contributed by atoms with Crippen LogP contribution in [0.5, 0.6) is 5.75 Å². The van der Waals surface area contributed by atoms with Gasteiger partial charge in [0.1, 0.15) is 5.75 Å². The van der Waals surface area contributed by atoms with E-state index >= 15 is 0 Å². The number of amides is 3. The Bertz CT molecular complexity index is 1610. The molecule has 8 nitrogen and oxygen atoms in total. The standard InChI is InChI=1S/C36H37N3O5/c1-43-32-18-9-7-14-27(32)21-28-20-19-26-13-6-8-17-31(26)34(28)39(24-25-11-4-3-5-12-25)33(40)23-37-36(42)38-30-16-10-15-29(22-30)35(41)44-2/h3-18,22,28,34H,19-21,23-24H2,1-2H3,(H2,37,38,42)/t28-,34-/m0/s1. The predicted octanol–water partition coefficient (Wildman–Crippen LogP) is 6.18. The van der Waals surface area contributed by atoms with Gasteiger partial charge in [-0.25, -0.2) is 9.59 Å². The predicted molar refractivity (Wildman–Crippen MR) is 169 cm³/mol. The van der Waals surface area contributed by atoms with Crippen LogP contribution in [0.25, 0.3) is 0 Å². The van der Waals surface area contributed by atoms with Gasteiger partial charge in [0.05, 0.1) is 32.4 Å². The number of urea groups is 1. The molecule has 3 amide bonds. The van der Waals surface area contributed by atoms with Crippen molar-refractivity contribution in [3.8, 4) is 5.75 Å². The number of anilines is 1. The van der Waals surface area contributed by atoms with Crippen LogP contribution in [0.1, 0.15) is 45.1 Å². The minimum atomic E-state index is -0.547. The van der Waals surface area contributed by atoms with Crippen molar-refractivity contribution in [1.82, 2.24) is 10.2 Å². The SMILES string of the molecule is COC(=O)c1cccc(NC(=O)NCC(=O)N(Cc2ccccc2)[C@@H]2c3ccccc3CC[C@H]2Cc2ccccc2OC)c1. The summed E-state index contributed by atoms with van der Waals surface area (Å²) in [5.41, 5.74) is 5.19. The third kappa shape index (κ3) is 7.26. The number of ether oxygens (including phenoxy) is 2. The Labute approximate surface area is 258 Å². The Morgan fingerprint density at radius 3 is 2.41 bits per heavy atom. The molecule has 5 rings (SSSR count). The van der Waals surface area contributed by atoms with Gasteiger partial charge in [0.25, 0.3) is 0 Å². The number of esters is 1. The molecule has 1 aliphatic rings. The fraction of sp³-hybridized carbons (Fsp3) is 0.250. The largest absolute Gasteiger partial charge is 0.496 e. The van der Waals surface area contributed by atoms with Crippen molar-refractivity contribution in [1.29, 1.82) is 0 Å². The van der Waals surface area contributed by atoms with E-state index in [0.717, 1.165) is 41.7 Å². The maximum absolute atomic E-state index is 14.1. The highest BCUT2D eigenvalue weighted by Gasteiger charge is 2.36. The Morgan fingerprint density at radius 1 is 0.864 bits per heavy atom. The normalized spacial score (nSPS) is 15.4. The molecule has 0 bridgehead atoms. The molecule has 0 aromatic heterocycles. The highest BCUT2D eigenvalue weighted by atomic mass is 16.5. The summed E-state index contributed by atoms with van der Waals surface area (Å²) >= 11 is 0. The zero-order valence-corrected chi connectivity index (χ0v) is 25.0. The van der Waals surface area contributed by atoms with Crippen LogP contribution < -0.4 is 15.4 Å². The second-order valence-electron chi connectivity index (χ2n) is 10.8. The van der Waals surface area contributed by atoms with E-state index in [1.165, 1.54) is 18.7 Å². The number of nitrogens with one attached hydrogen (secondary N) is 2. The molecule has 0 aliphatic heterocycles. The maximum atomic E-state index is 14.1. The number of hydrogen-bond acceptors (Lipinski definition) is 5. The van der Waals surface area contributed by atoms with E-state index in [9.17, 15) is 14.4 Å². The number of rotatable bonds is 10. The van der Waals surface area contributed by atoms with Gasteiger partial charge in [-0.2, -0.15) is 0 Å². The summed E-state index contributed by atoms with van der Waals surface area (Å²) in [6.45, 7) is 0.195. The van der Waals surface area contributed by atoms with Crippen molar-refractivity contribution < 1.29 is 23.9 Å². The van der Waals surface area contributed by atoms with E-state index in [-0.39, 0.29) is 24.4 Å². The number of methoxy groups -OCH3 is 2. The van der Waals surface area contributed by atoms with Crippen molar-refractivity contribution in [2.75, 3.05) is 26.1 Å². The topological polar surface area (TPSA) is 97.0 Å². The van der Waals surface area contributed by atoms with Gasteiger partial charge in [0, 0.05) is 12.2 Å². The zero-order chi connectivity index (χ0) is 30.9. The van der Waals surface area contributed by atoms with E-state index < -0.39 is 12.0 Å². The van der Waals surface area contributed by atoms with Crippen LogP contribution >= 0.6 is 0 Å².